The molecule has 0 aliphatic carbocycles. The van der Waals surface area contributed by atoms with Gasteiger partial charge in [-0.25, -0.2) is 9.78 Å². The second-order valence-electron chi connectivity index (χ2n) is 8.29. The number of hydrogen-bond donors (Lipinski definition) is 1. The number of nitrogen functional groups attached to an aromatic ring is 1. The fourth-order valence-electron chi connectivity index (χ4n) is 3.81. The molecule has 1 amide bonds. The van der Waals surface area contributed by atoms with Crippen LogP contribution in [0.4, 0.5) is 9.80 Å². The van der Waals surface area contributed by atoms with Gasteiger partial charge in [0.15, 0.2) is 0 Å². The van der Waals surface area contributed by atoms with Gasteiger partial charge in [0.05, 0.1) is 21.3 Å². The van der Waals surface area contributed by atoms with Gasteiger partial charge in [-0.05, 0) is 58.7 Å². The summed E-state index contributed by atoms with van der Waals surface area (Å²) < 4.78 is 6.80. The maximum Gasteiger partial charge on any atom is 0.411 e. The predicted molar refractivity (Wildman–Crippen MR) is 117 cm³/mol. The van der Waals surface area contributed by atoms with Crippen molar-refractivity contribution in [3.05, 3.63) is 34.7 Å². The number of thiazole rings is 1. The molecular weight excluding hydrogens is 390 g/mol. The quantitative estimate of drug-likeness (QED) is 0.541. The van der Waals surface area contributed by atoms with Crippen LogP contribution in [0.2, 0.25) is 0 Å². The SMILES string of the molecule is C[C@@H]1Cc2c(sc(N)c2-c2nc3ccccc3s2)[C@H](C)N1C(=O)OC(C)(C)C. The number of fused-ring (bicyclic) bond motifs is 2. The smallest absolute Gasteiger partial charge is 0.411 e. The number of nitrogens with zero attached hydrogens (tertiary/aromatic N) is 2. The number of amides is 1. The number of benzene rings is 1. The van der Waals surface area contributed by atoms with Crippen LogP contribution >= 0.6 is 22.7 Å². The average Bonchev–Trinajstić information content (AvgIpc) is 3.13. The summed E-state index contributed by atoms with van der Waals surface area (Å²) in [6.45, 7) is 9.80. The van der Waals surface area contributed by atoms with E-state index in [9.17, 15) is 4.79 Å². The van der Waals surface area contributed by atoms with Gasteiger partial charge in [-0.15, -0.1) is 22.7 Å². The molecule has 148 valence electrons. The first-order valence-electron chi connectivity index (χ1n) is 9.44. The van der Waals surface area contributed by atoms with Crippen LogP contribution in [-0.2, 0) is 11.2 Å². The highest BCUT2D eigenvalue weighted by atomic mass is 32.1. The zero-order chi connectivity index (χ0) is 20.2. The van der Waals surface area contributed by atoms with Crippen molar-refractivity contribution in [2.24, 2.45) is 0 Å². The fourth-order valence-corrected chi connectivity index (χ4v) is 6.08. The lowest BCUT2D eigenvalue weighted by Crippen LogP contribution is -2.46. The summed E-state index contributed by atoms with van der Waals surface area (Å²) in [5.74, 6) is 0. The standard InChI is InChI=1S/C21H25N3O2S2/c1-11-10-13-16(19-23-14-8-6-7-9-15(14)27-19)18(22)28-17(13)12(2)24(11)20(25)26-21(3,4)5/h6-9,11-12H,10,22H2,1-5H3/t11-,12+/m1/s1. The fraction of sp³-hybridized carbons (Fsp3) is 0.429. The van der Waals surface area contributed by atoms with E-state index in [1.807, 2.05) is 43.9 Å². The van der Waals surface area contributed by atoms with Gasteiger partial charge in [0.1, 0.15) is 10.6 Å². The topological polar surface area (TPSA) is 68.5 Å². The van der Waals surface area contributed by atoms with Gasteiger partial charge < -0.3 is 10.5 Å². The lowest BCUT2D eigenvalue weighted by Gasteiger charge is -2.39. The first-order valence-corrected chi connectivity index (χ1v) is 11.1. The number of aromatic nitrogens is 1. The number of anilines is 1. The largest absolute Gasteiger partial charge is 0.444 e. The van der Waals surface area contributed by atoms with Gasteiger partial charge in [-0.2, -0.15) is 0 Å². The van der Waals surface area contributed by atoms with Crippen LogP contribution in [0, 0.1) is 0 Å². The van der Waals surface area contributed by atoms with E-state index < -0.39 is 5.60 Å². The van der Waals surface area contributed by atoms with Crippen LogP contribution < -0.4 is 5.73 Å². The molecule has 0 saturated carbocycles. The molecule has 0 radical (unpaired) electrons. The van der Waals surface area contributed by atoms with Gasteiger partial charge in [-0.3, -0.25) is 4.90 Å². The highest BCUT2D eigenvalue weighted by Crippen LogP contribution is 2.48. The third-order valence-corrected chi connectivity index (χ3v) is 7.23. The van der Waals surface area contributed by atoms with E-state index in [2.05, 4.69) is 19.9 Å². The van der Waals surface area contributed by atoms with E-state index in [0.717, 1.165) is 37.1 Å². The highest BCUT2D eigenvalue weighted by Gasteiger charge is 2.39. The van der Waals surface area contributed by atoms with Gasteiger partial charge in [-0.1, -0.05) is 12.1 Å². The highest BCUT2D eigenvalue weighted by molar-refractivity contribution is 7.22. The lowest BCUT2D eigenvalue weighted by molar-refractivity contribution is 0.00638. The zero-order valence-corrected chi connectivity index (χ0v) is 18.4. The Morgan fingerprint density at radius 1 is 1.25 bits per heavy atom. The number of nitrogens with two attached hydrogens (primary N) is 1. The Kier molecular flexibility index (Phi) is 4.62. The van der Waals surface area contributed by atoms with Crippen molar-refractivity contribution < 1.29 is 9.53 Å². The minimum Gasteiger partial charge on any atom is -0.444 e. The minimum absolute atomic E-state index is 0.0273. The molecule has 1 aliphatic rings. The number of ether oxygens (including phenoxy) is 1. The molecule has 2 N–H and O–H groups in total. The third-order valence-electron chi connectivity index (χ3n) is 4.95. The Balaban J connectivity index is 1.74. The summed E-state index contributed by atoms with van der Waals surface area (Å²) in [4.78, 5) is 20.6. The number of para-hydroxylation sites is 1. The van der Waals surface area contributed by atoms with E-state index in [0.29, 0.717) is 0 Å². The minimum atomic E-state index is -0.516. The van der Waals surface area contributed by atoms with Crippen LogP contribution in [0.15, 0.2) is 24.3 Å². The van der Waals surface area contributed by atoms with E-state index in [4.69, 9.17) is 15.5 Å². The van der Waals surface area contributed by atoms with Crippen LogP contribution in [0.5, 0.6) is 0 Å². The number of rotatable bonds is 1. The normalized spacial score (nSPS) is 19.7. The predicted octanol–water partition coefficient (Wildman–Crippen LogP) is 5.85. The first kappa shape index (κ1) is 19.2. The van der Waals surface area contributed by atoms with Gasteiger partial charge in [0.2, 0.25) is 0 Å². The van der Waals surface area contributed by atoms with E-state index in [1.165, 1.54) is 5.56 Å². The van der Waals surface area contributed by atoms with Gasteiger partial charge in [0, 0.05) is 16.5 Å². The Labute approximate surface area is 173 Å². The van der Waals surface area contributed by atoms with Crippen molar-refractivity contribution in [1.82, 2.24) is 9.88 Å². The van der Waals surface area contributed by atoms with Crippen LogP contribution in [0.1, 0.15) is 51.1 Å². The van der Waals surface area contributed by atoms with Crippen molar-refractivity contribution in [1.29, 1.82) is 0 Å². The molecule has 28 heavy (non-hydrogen) atoms. The number of carbonyl (C=O) groups is 1. The van der Waals surface area contributed by atoms with E-state index >= 15 is 0 Å². The molecule has 1 aromatic carbocycles. The summed E-state index contributed by atoms with van der Waals surface area (Å²) >= 11 is 3.24. The first-order chi connectivity index (χ1) is 13.2. The molecular formula is C21H25N3O2S2. The van der Waals surface area contributed by atoms with Crippen LogP contribution in [0.3, 0.4) is 0 Å². The number of hydrogen-bond acceptors (Lipinski definition) is 6. The average molecular weight is 416 g/mol. The Morgan fingerprint density at radius 3 is 2.64 bits per heavy atom. The Bertz CT molecular complexity index is 1010. The molecule has 0 saturated heterocycles. The lowest BCUT2D eigenvalue weighted by atomic mass is 9.93. The van der Waals surface area contributed by atoms with Crippen molar-refractivity contribution in [2.75, 3.05) is 5.73 Å². The van der Waals surface area contributed by atoms with Gasteiger partial charge >= 0.3 is 6.09 Å². The molecule has 0 unspecified atom stereocenters. The third kappa shape index (κ3) is 3.26. The second-order valence-corrected chi connectivity index (χ2v) is 10.4. The molecule has 0 fully saturated rings. The maximum absolute atomic E-state index is 12.8. The molecule has 5 nitrogen and oxygen atoms in total. The van der Waals surface area contributed by atoms with Crippen LogP contribution in [0.25, 0.3) is 20.8 Å². The molecule has 3 aromatic rings. The molecule has 3 heterocycles. The summed E-state index contributed by atoms with van der Waals surface area (Å²) in [6, 6.07) is 8.09. The number of carbonyl (C=O) groups excluding carboxylic acids is 1. The van der Waals surface area contributed by atoms with Crippen molar-refractivity contribution in [2.45, 2.75) is 58.7 Å². The molecule has 7 heteroatoms. The molecule has 2 aromatic heterocycles. The summed E-state index contributed by atoms with van der Waals surface area (Å²) in [6.07, 6.45) is 0.476. The molecule has 1 aliphatic heterocycles. The molecule has 4 rings (SSSR count). The Morgan fingerprint density at radius 2 is 1.96 bits per heavy atom. The summed E-state index contributed by atoms with van der Waals surface area (Å²) in [7, 11) is 0. The molecule has 0 spiro atoms. The maximum atomic E-state index is 12.8. The number of thiophene rings is 1. The monoisotopic (exact) mass is 415 g/mol. The van der Waals surface area contributed by atoms with Crippen LogP contribution in [-0.4, -0.2) is 27.6 Å². The van der Waals surface area contributed by atoms with E-state index in [-0.39, 0.29) is 18.2 Å². The van der Waals surface area contributed by atoms with Gasteiger partial charge in [0.25, 0.3) is 0 Å². The second kappa shape index (κ2) is 6.74. The zero-order valence-electron chi connectivity index (χ0n) is 16.8. The summed E-state index contributed by atoms with van der Waals surface area (Å²) in [5.41, 5.74) is 9.20. The van der Waals surface area contributed by atoms with Crippen molar-refractivity contribution in [3.8, 4) is 10.6 Å². The molecule has 2 atom stereocenters. The van der Waals surface area contributed by atoms with Crippen molar-refractivity contribution >= 4 is 44.0 Å². The van der Waals surface area contributed by atoms with Crippen molar-refractivity contribution in [3.63, 3.8) is 0 Å². The Hall–Kier alpha value is -2.12. The molecule has 0 bridgehead atoms. The summed E-state index contributed by atoms with van der Waals surface area (Å²) in [5, 5.41) is 1.73. The van der Waals surface area contributed by atoms with E-state index in [1.54, 1.807) is 22.7 Å².